The summed E-state index contributed by atoms with van der Waals surface area (Å²) in [4.78, 5) is 15.8. The van der Waals surface area contributed by atoms with Gasteiger partial charge in [-0.2, -0.15) is 4.98 Å². The predicted octanol–water partition coefficient (Wildman–Crippen LogP) is 3.49. The average molecular weight is 363 g/mol. The number of amides is 1. The predicted molar refractivity (Wildman–Crippen MR) is 73.4 cm³/mol. The van der Waals surface area contributed by atoms with E-state index >= 15 is 0 Å². The van der Waals surface area contributed by atoms with Crippen molar-refractivity contribution in [2.75, 3.05) is 5.32 Å². The fourth-order valence-corrected chi connectivity index (χ4v) is 1.73. The number of carbonyl (C=O) groups excluding carboxylic acids is 1. The summed E-state index contributed by atoms with van der Waals surface area (Å²) in [5.41, 5.74) is 1.17. The van der Waals surface area contributed by atoms with Crippen molar-refractivity contribution >= 4 is 46.1 Å². The van der Waals surface area contributed by atoms with Crippen LogP contribution >= 0.6 is 34.2 Å². The molecule has 0 radical (unpaired) electrons. The van der Waals surface area contributed by atoms with Crippen LogP contribution in [0.5, 0.6) is 0 Å². The minimum Gasteiger partial charge on any atom is -0.432 e. The van der Waals surface area contributed by atoms with Gasteiger partial charge in [-0.1, -0.05) is 11.6 Å². The van der Waals surface area contributed by atoms with Gasteiger partial charge in [0.25, 0.3) is 5.91 Å². The Morgan fingerprint density at radius 1 is 1.53 bits per heavy atom. The zero-order chi connectivity index (χ0) is 12.4. The number of nitrogens with zero attached hydrogens (tertiary/aromatic N) is 1. The van der Waals surface area contributed by atoms with Crippen molar-refractivity contribution in [2.24, 2.45) is 0 Å². The van der Waals surface area contributed by atoms with Crippen molar-refractivity contribution in [1.29, 1.82) is 0 Å². The first-order valence-electron chi connectivity index (χ1n) is 4.75. The molecule has 0 unspecified atom stereocenters. The van der Waals surface area contributed by atoms with Crippen molar-refractivity contribution in [2.45, 2.75) is 6.92 Å². The van der Waals surface area contributed by atoms with E-state index in [4.69, 9.17) is 16.0 Å². The Morgan fingerprint density at radius 3 is 2.88 bits per heavy atom. The van der Waals surface area contributed by atoms with Crippen LogP contribution in [0.2, 0.25) is 5.02 Å². The zero-order valence-corrected chi connectivity index (χ0v) is 11.7. The molecule has 0 saturated carbocycles. The minimum absolute atomic E-state index is 0.183. The number of halogens is 2. The van der Waals surface area contributed by atoms with Crippen LogP contribution in [0.25, 0.3) is 0 Å². The van der Waals surface area contributed by atoms with Gasteiger partial charge in [0.1, 0.15) is 6.26 Å². The second-order valence-electron chi connectivity index (χ2n) is 3.38. The lowest BCUT2D eigenvalue weighted by Crippen LogP contribution is -2.12. The number of hydrogen-bond acceptors (Lipinski definition) is 3. The van der Waals surface area contributed by atoms with Gasteiger partial charge in [-0.15, -0.1) is 0 Å². The highest BCUT2D eigenvalue weighted by atomic mass is 127. The lowest BCUT2D eigenvalue weighted by Gasteiger charge is -2.02. The molecule has 0 fully saturated rings. The van der Waals surface area contributed by atoms with Gasteiger partial charge in [-0.05, 0) is 47.7 Å². The Hall–Kier alpha value is -1.08. The summed E-state index contributed by atoms with van der Waals surface area (Å²) in [6.07, 6.45) is 1.47. The van der Waals surface area contributed by atoms with Gasteiger partial charge in [0.05, 0.1) is 10.7 Å². The number of aromatic nitrogens is 1. The van der Waals surface area contributed by atoms with Crippen molar-refractivity contribution in [3.8, 4) is 0 Å². The summed E-state index contributed by atoms with van der Waals surface area (Å²) >= 11 is 8.04. The maximum Gasteiger partial charge on any atom is 0.301 e. The molecule has 1 N–H and O–H groups in total. The van der Waals surface area contributed by atoms with E-state index in [0.717, 1.165) is 3.57 Å². The third-order valence-corrected chi connectivity index (χ3v) is 3.59. The lowest BCUT2D eigenvalue weighted by atomic mass is 10.2. The number of carbonyl (C=O) groups is 1. The van der Waals surface area contributed by atoms with E-state index in [0.29, 0.717) is 16.3 Å². The molecule has 1 amide bonds. The molecule has 1 aromatic carbocycles. The van der Waals surface area contributed by atoms with E-state index < -0.39 is 0 Å². The van der Waals surface area contributed by atoms with Gasteiger partial charge < -0.3 is 4.42 Å². The standard InChI is InChI=1S/C11H8ClIN2O2/c1-6-5-17-11(14-6)15-10(16)7-2-3-9(13)8(12)4-7/h2-5H,1H3,(H,14,15,16). The summed E-state index contributed by atoms with van der Waals surface area (Å²) < 4.78 is 5.93. The van der Waals surface area contributed by atoms with Crippen LogP contribution in [0.3, 0.4) is 0 Å². The Bertz CT molecular complexity index is 568. The van der Waals surface area contributed by atoms with Crippen LogP contribution in [0.4, 0.5) is 6.01 Å². The third-order valence-electron chi connectivity index (χ3n) is 2.02. The maximum absolute atomic E-state index is 11.8. The number of oxazole rings is 1. The van der Waals surface area contributed by atoms with Gasteiger partial charge in [0.15, 0.2) is 0 Å². The summed E-state index contributed by atoms with van der Waals surface area (Å²) in [6.45, 7) is 1.78. The Labute approximate surface area is 117 Å². The van der Waals surface area contributed by atoms with Crippen LogP contribution in [-0.4, -0.2) is 10.9 Å². The second kappa shape index (κ2) is 5.05. The summed E-state index contributed by atoms with van der Waals surface area (Å²) in [7, 11) is 0. The zero-order valence-electron chi connectivity index (χ0n) is 8.83. The highest BCUT2D eigenvalue weighted by Gasteiger charge is 2.10. The van der Waals surface area contributed by atoms with E-state index in [1.807, 2.05) is 0 Å². The smallest absolute Gasteiger partial charge is 0.301 e. The van der Waals surface area contributed by atoms with Crippen molar-refractivity contribution in [1.82, 2.24) is 4.98 Å². The van der Waals surface area contributed by atoms with Crippen LogP contribution in [-0.2, 0) is 0 Å². The van der Waals surface area contributed by atoms with Crippen LogP contribution in [0.1, 0.15) is 16.1 Å². The van der Waals surface area contributed by atoms with E-state index in [1.54, 1.807) is 25.1 Å². The normalized spacial score (nSPS) is 10.3. The van der Waals surface area contributed by atoms with Gasteiger partial charge in [0, 0.05) is 9.13 Å². The number of anilines is 1. The van der Waals surface area contributed by atoms with Crippen LogP contribution in [0.15, 0.2) is 28.9 Å². The molecule has 0 spiro atoms. The lowest BCUT2D eigenvalue weighted by molar-refractivity contribution is 0.102. The molecule has 2 aromatic rings. The first-order chi connectivity index (χ1) is 8.06. The van der Waals surface area contributed by atoms with E-state index in [2.05, 4.69) is 32.9 Å². The average Bonchev–Trinajstić information content (AvgIpc) is 2.68. The van der Waals surface area contributed by atoms with Crippen molar-refractivity contribution in [3.05, 3.63) is 44.3 Å². The van der Waals surface area contributed by atoms with E-state index in [-0.39, 0.29) is 11.9 Å². The molecule has 1 aromatic heterocycles. The number of rotatable bonds is 2. The summed E-state index contributed by atoms with van der Waals surface area (Å²) in [5.74, 6) is -0.301. The fraction of sp³-hybridized carbons (Fsp3) is 0.0909. The van der Waals surface area contributed by atoms with Gasteiger partial charge in [-0.3, -0.25) is 10.1 Å². The molecule has 4 nitrogen and oxygen atoms in total. The largest absolute Gasteiger partial charge is 0.432 e. The van der Waals surface area contributed by atoms with Gasteiger partial charge in [-0.25, -0.2) is 0 Å². The van der Waals surface area contributed by atoms with Gasteiger partial charge in [0.2, 0.25) is 0 Å². The highest BCUT2D eigenvalue weighted by molar-refractivity contribution is 14.1. The first-order valence-corrected chi connectivity index (χ1v) is 6.20. The molecule has 0 aliphatic rings. The fourth-order valence-electron chi connectivity index (χ4n) is 1.22. The molecule has 6 heteroatoms. The van der Waals surface area contributed by atoms with Crippen molar-refractivity contribution < 1.29 is 9.21 Å². The van der Waals surface area contributed by atoms with Crippen molar-refractivity contribution in [3.63, 3.8) is 0 Å². The number of hydrogen-bond donors (Lipinski definition) is 1. The summed E-state index contributed by atoms with van der Waals surface area (Å²) in [5, 5.41) is 3.09. The topological polar surface area (TPSA) is 55.1 Å². The molecule has 0 saturated heterocycles. The minimum atomic E-state index is -0.301. The monoisotopic (exact) mass is 362 g/mol. The Balaban J connectivity index is 2.17. The van der Waals surface area contributed by atoms with Gasteiger partial charge >= 0.3 is 6.01 Å². The van der Waals surface area contributed by atoms with Crippen LogP contribution in [0, 0.1) is 10.5 Å². The Kier molecular flexibility index (Phi) is 3.68. The summed E-state index contributed by atoms with van der Waals surface area (Å²) in [6, 6.07) is 5.26. The third kappa shape index (κ3) is 2.98. The molecule has 0 aliphatic carbocycles. The molecule has 88 valence electrons. The SMILES string of the molecule is Cc1coc(NC(=O)c2ccc(I)c(Cl)c2)n1. The molecule has 0 bridgehead atoms. The Morgan fingerprint density at radius 2 is 2.29 bits per heavy atom. The molecule has 0 atom stereocenters. The molecular formula is C11H8ClIN2O2. The first kappa shape index (κ1) is 12.4. The van der Waals surface area contributed by atoms with Crippen LogP contribution < -0.4 is 5.32 Å². The maximum atomic E-state index is 11.8. The second-order valence-corrected chi connectivity index (χ2v) is 4.95. The van der Waals surface area contributed by atoms with E-state index in [9.17, 15) is 4.79 Å². The number of benzene rings is 1. The molecule has 17 heavy (non-hydrogen) atoms. The number of nitrogens with one attached hydrogen (secondary N) is 1. The molecular weight excluding hydrogens is 354 g/mol. The van der Waals surface area contributed by atoms with E-state index in [1.165, 1.54) is 6.26 Å². The highest BCUT2D eigenvalue weighted by Crippen LogP contribution is 2.20. The molecule has 2 rings (SSSR count). The molecule has 0 aliphatic heterocycles. The number of aryl methyl sites for hydroxylation is 1. The molecule has 1 heterocycles. The quantitative estimate of drug-likeness (QED) is 0.832.